The van der Waals surface area contributed by atoms with Crippen LogP contribution in [0.4, 0.5) is 0 Å². The molecule has 0 unspecified atom stereocenters. The van der Waals surface area contributed by atoms with Gasteiger partial charge in [-0.1, -0.05) is 52.3 Å². The highest BCUT2D eigenvalue weighted by atomic mass is 79.9. The molecule has 0 aliphatic rings. The SMILES string of the molecule is Cl.N=C(N)c1ccccn1.O=C(CBr)c1ccccc1. The summed E-state index contributed by atoms with van der Waals surface area (Å²) in [4.78, 5) is 14.8. The Balaban J connectivity index is 0.000000345. The molecule has 2 aromatic rings. The summed E-state index contributed by atoms with van der Waals surface area (Å²) in [6, 6.07) is 14.5. The molecule has 0 spiro atoms. The van der Waals surface area contributed by atoms with Gasteiger partial charge < -0.3 is 5.73 Å². The van der Waals surface area contributed by atoms with Crippen molar-refractivity contribution in [1.82, 2.24) is 4.98 Å². The summed E-state index contributed by atoms with van der Waals surface area (Å²) >= 11 is 3.10. The number of benzene rings is 1. The van der Waals surface area contributed by atoms with Gasteiger partial charge in [0, 0.05) is 11.8 Å². The molecule has 4 nitrogen and oxygen atoms in total. The van der Waals surface area contributed by atoms with Crippen LogP contribution in [0.2, 0.25) is 0 Å². The summed E-state index contributed by atoms with van der Waals surface area (Å²) < 4.78 is 0. The first-order chi connectivity index (χ1) is 9.15. The topological polar surface area (TPSA) is 79.8 Å². The number of rotatable bonds is 3. The van der Waals surface area contributed by atoms with Crippen molar-refractivity contribution >= 4 is 40.0 Å². The van der Waals surface area contributed by atoms with Crippen LogP contribution in [0.25, 0.3) is 0 Å². The van der Waals surface area contributed by atoms with Crippen LogP contribution in [-0.2, 0) is 0 Å². The number of nitrogens with zero attached hydrogens (tertiary/aromatic N) is 1. The molecule has 1 heterocycles. The summed E-state index contributed by atoms with van der Waals surface area (Å²) in [6.45, 7) is 0. The Morgan fingerprint density at radius 1 is 1.15 bits per heavy atom. The van der Waals surface area contributed by atoms with Crippen LogP contribution in [0.15, 0.2) is 54.7 Å². The number of hydrogen-bond acceptors (Lipinski definition) is 3. The number of amidine groups is 1. The Kier molecular flexibility index (Phi) is 9.24. The lowest BCUT2D eigenvalue weighted by molar-refractivity contribution is 0.102. The molecular formula is C14H15BrClN3O. The third kappa shape index (κ3) is 6.45. The molecule has 0 aliphatic carbocycles. The Morgan fingerprint density at radius 3 is 2.15 bits per heavy atom. The maximum Gasteiger partial charge on any atom is 0.173 e. The van der Waals surface area contributed by atoms with Gasteiger partial charge in [-0.05, 0) is 12.1 Å². The third-order valence-corrected chi connectivity index (χ3v) is 2.67. The van der Waals surface area contributed by atoms with E-state index in [1.807, 2.05) is 30.3 Å². The Labute approximate surface area is 132 Å². The zero-order chi connectivity index (χ0) is 14.1. The Morgan fingerprint density at radius 2 is 1.75 bits per heavy atom. The van der Waals surface area contributed by atoms with E-state index in [4.69, 9.17) is 11.1 Å². The number of nitrogens with one attached hydrogen (secondary N) is 1. The van der Waals surface area contributed by atoms with E-state index in [1.54, 1.807) is 24.4 Å². The number of ketones is 1. The zero-order valence-corrected chi connectivity index (χ0v) is 13.0. The molecule has 0 amide bonds. The van der Waals surface area contributed by atoms with E-state index in [-0.39, 0.29) is 24.0 Å². The van der Waals surface area contributed by atoms with Gasteiger partial charge in [0.25, 0.3) is 0 Å². The Hall–Kier alpha value is -1.72. The van der Waals surface area contributed by atoms with Crippen LogP contribution in [0.1, 0.15) is 16.1 Å². The predicted molar refractivity (Wildman–Crippen MR) is 87.1 cm³/mol. The maximum absolute atomic E-state index is 11.0. The van der Waals surface area contributed by atoms with E-state index >= 15 is 0 Å². The molecule has 0 saturated heterocycles. The second kappa shape index (κ2) is 10.1. The third-order valence-electron chi connectivity index (χ3n) is 2.16. The zero-order valence-electron chi connectivity index (χ0n) is 10.6. The molecule has 0 radical (unpaired) electrons. The second-order valence-electron chi connectivity index (χ2n) is 3.55. The van der Waals surface area contributed by atoms with Crippen molar-refractivity contribution in [2.24, 2.45) is 5.73 Å². The molecule has 3 N–H and O–H groups in total. The van der Waals surface area contributed by atoms with Gasteiger partial charge in [0.05, 0.1) is 5.33 Å². The first-order valence-corrected chi connectivity index (χ1v) is 6.67. The number of Topliss-reactive ketones (excluding diaryl/α,β-unsaturated/α-hetero) is 1. The molecule has 20 heavy (non-hydrogen) atoms. The maximum atomic E-state index is 11.0. The van der Waals surface area contributed by atoms with Gasteiger partial charge in [-0.25, -0.2) is 0 Å². The van der Waals surface area contributed by atoms with Crippen molar-refractivity contribution in [3.8, 4) is 0 Å². The molecule has 0 aliphatic heterocycles. The molecule has 1 aromatic carbocycles. The number of nitrogens with two attached hydrogens (primary N) is 1. The van der Waals surface area contributed by atoms with E-state index in [9.17, 15) is 4.79 Å². The van der Waals surface area contributed by atoms with Gasteiger partial charge >= 0.3 is 0 Å². The fourth-order valence-electron chi connectivity index (χ4n) is 1.22. The number of carbonyl (C=O) groups excluding carboxylic acids is 1. The van der Waals surface area contributed by atoms with Crippen molar-refractivity contribution < 1.29 is 4.79 Å². The molecule has 0 fully saturated rings. The quantitative estimate of drug-likeness (QED) is 0.384. The number of hydrogen-bond donors (Lipinski definition) is 2. The minimum absolute atomic E-state index is 0. The molecule has 2 rings (SSSR count). The monoisotopic (exact) mass is 355 g/mol. The fourth-order valence-corrected chi connectivity index (χ4v) is 1.55. The van der Waals surface area contributed by atoms with Crippen LogP contribution in [0.5, 0.6) is 0 Å². The van der Waals surface area contributed by atoms with Crippen LogP contribution in [-0.4, -0.2) is 21.9 Å². The van der Waals surface area contributed by atoms with E-state index in [0.29, 0.717) is 11.0 Å². The van der Waals surface area contributed by atoms with Crippen LogP contribution >= 0.6 is 28.3 Å². The van der Waals surface area contributed by atoms with Crippen molar-refractivity contribution in [1.29, 1.82) is 5.41 Å². The number of halogens is 2. The van der Waals surface area contributed by atoms with Gasteiger partial charge in [-0.15, -0.1) is 12.4 Å². The highest BCUT2D eigenvalue weighted by Crippen LogP contribution is 2.01. The van der Waals surface area contributed by atoms with Crippen molar-refractivity contribution in [3.63, 3.8) is 0 Å². The van der Waals surface area contributed by atoms with Gasteiger partial charge in [0.1, 0.15) is 11.5 Å². The Bertz CT molecular complexity index is 535. The van der Waals surface area contributed by atoms with Gasteiger partial charge in [-0.3, -0.25) is 15.2 Å². The number of carbonyl (C=O) groups is 1. The lowest BCUT2D eigenvalue weighted by atomic mass is 10.2. The largest absolute Gasteiger partial charge is 0.382 e. The standard InChI is InChI=1S/C8H7BrO.C6H7N3.ClH/c9-6-8(10)7-4-2-1-3-5-7;7-6(8)5-3-1-2-4-9-5;/h1-5H,6H2;1-4H,(H3,7,8);1H. The summed E-state index contributed by atoms with van der Waals surface area (Å²) in [7, 11) is 0. The minimum atomic E-state index is 0. The van der Waals surface area contributed by atoms with Gasteiger partial charge in [-0.2, -0.15) is 0 Å². The molecule has 1 aromatic heterocycles. The highest BCUT2D eigenvalue weighted by Gasteiger charge is 1.99. The van der Waals surface area contributed by atoms with Gasteiger partial charge in [0.2, 0.25) is 0 Å². The van der Waals surface area contributed by atoms with E-state index in [0.717, 1.165) is 5.56 Å². The number of alkyl halides is 1. The first-order valence-electron chi connectivity index (χ1n) is 5.54. The summed E-state index contributed by atoms with van der Waals surface area (Å²) in [5.41, 5.74) is 6.42. The minimum Gasteiger partial charge on any atom is -0.382 e. The molecule has 6 heteroatoms. The lowest BCUT2D eigenvalue weighted by Crippen LogP contribution is -2.12. The summed E-state index contributed by atoms with van der Waals surface area (Å²) in [5, 5.41) is 7.35. The van der Waals surface area contributed by atoms with E-state index in [1.165, 1.54) is 0 Å². The smallest absolute Gasteiger partial charge is 0.173 e. The molecule has 0 bridgehead atoms. The average Bonchev–Trinajstić information content (AvgIpc) is 2.49. The highest BCUT2D eigenvalue weighted by molar-refractivity contribution is 9.09. The van der Waals surface area contributed by atoms with Gasteiger partial charge in [0.15, 0.2) is 5.78 Å². The van der Waals surface area contributed by atoms with Crippen molar-refractivity contribution in [2.45, 2.75) is 0 Å². The van der Waals surface area contributed by atoms with Crippen LogP contribution in [0.3, 0.4) is 0 Å². The van der Waals surface area contributed by atoms with E-state index < -0.39 is 0 Å². The lowest BCUT2D eigenvalue weighted by Gasteiger charge is -1.92. The normalized spacial score (nSPS) is 8.65. The number of nitrogen functional groups attached to an aromatic ring is 1. The molecule has 0 saturated carbocycles. The summed E-state index contributed by atoms with van der Waals surface area (Å²) in [5.74, 6) is 0.135. The van der Waals surface area contributed by atoms with Crippen molar-refractivity contribution in [2.75, 3.05) is 5.33 Å². The molecular weight excluding hydrogens is 342 g/mol. The van der Waals surface area contributed by atoms with Crippen molar-refractivity contribution in [3.05, 3.63) is 66.0 Å². The number of pyridine rings is 1. The predicted octanol–water partition coefficient (Wildman–Crippen LogP) is 3.05. The fraction of sp³-hybridized carbons (Fsp3) is 0.0714. The van der Waals surface area contributed by atoms with Crippen LogP contribution < -0.4 is 5.73 Å². The molecule has 0 atom stereocenters. The van der Waals surface area contributed by atoms with E-state index in [2.05, 4.69) is 20.9 Å². The summed E-state index contributed by atoms with van der Waals surface area (Å²) in [6.07, 6.45) is 1.61. The molecule has 106 valence electrons. The average molecular weight is 357 g/mol. The first kappa shape index (κ1) is 18.3. The second-order valence-corrected chi connectivity index (χ2v) is 4.11. The van der Waals surface area contributed by atoms with Crippen LogP contribution in [0, 0.1) is 5.41 Å². The number of aromatic nitrogens is 1.